The molecule has 1 aliphatic rings. The summed E-state index contributed by atoms with van der Waals surface area (Å²) in [6, 6.07) is 22.8. The summed E-state index contributed by atoms with van der Waals surface area (Å²) in [5.74, 6) is 2.13. The number of fused-ring (bicyclic) bond motifs is 1. The molecular formula is C27H26ClN5O3. The Balaban J connectivity index is 1.41. The molecule has 0 saturated heterocycles. The Bertz CT molecular complexity index is 1350. The molecule has 0 bridgehead atoms. The maximum Gasteiger partial charge on any atom is 0.250 e. The van der Waals surface area contributed by atoms with Crippen LogP contribution in [-0.4, -0.2) is 34.9 Å². The molecule has 4 aromatic rings. The van der Waals surface area contributed by atoms with Crippen LogP contribution in [0.1, 0.15) is 35.2 Å². The number of benzene rings is 3. The van der Waals surface area contributed by atoms with E-state index in [2.05, 4.69) is 20.7 Å². The van der Waals surface area contributed by atoms with E-state index in [1.54, 1.807) is 18.9 Å². The van der Waals surface area contributed by atoms with Crippen molar-refractivity contribution >= 4 is 29.4 Å². The fourth-order valence-corrected chi connectivity index (χ4v) is 4.65. The zero-order valence-corrected chi connectivity index (χ0v) is 20.7. The van der Waals surface area contributed by atoms with Crippen LogP contribution in [0.4, 0.5) is 11.9 Å². The minimum Gasteiger partial charge on any atom is -0.497 e. The molecule has 0 unspecified atom stereocenters. The van der Waals surface area contributed by atoms with Gasteiger partial charge in [-0.1, -0.05) is 54.1 Å². The smallest absolute Gasteiger partial charge is 0.250 e. The Kier molecular flexibility index (Phi) is 6.77. The van der Waals surface area contributed by atoms with Gasteiger partial charge in [-0.15, -0.1) is 5.10 Å². The van der Waals surface area contributed by atoms with E-state index in [0.29, 0.717) is 17.4 Å². The van der Waals surface area contributed by atoms with Gasteiger partial charge in [-0.3, -0.25) is 10.1 Å². The highest BCUT2D eigenvalue weighted by Crippen LogP contribution is 2.40. The number of methoxy groups -OCH3 is 2. The lowest BCUT2D eigenvalue weighted by atomic mass is 9.93. The number of ether oxygens (including phenoxy) is 2. The van der Waals surface area contributed by atoms with Gasteiger partial charge in [-0.2, -0.15) is 4.98 Å². The number of anilines is 2. The summed E-state index contributed by atoms with van der Waals surface area (Å²) in [5.41, 5.74) is 2.90. The van der Waals surface area contributed by atoms with Crippen molar-refractivity contribution in [3.05, 3.63) is 94.5 Å². The molecule has 1 amide bonds. The summed E-state index contributed by atoms with van der Waals surface area (Å²) >= 11 is 6.58. The van der Waals surface area contributed by atoms with E-state index in [-0.39, 0.29) is 30.4 Å². The molecule has 8 nitrogen and oxygen atoms in total. The first kappa shape index (κ1) is 23.7. The van der Waals surface area contributed by atoms with Gasteiger partial charge in [0, 0.05) is 5.02 Å². The number of hydrogen-bond donors (Lipinski definition) is 2. The Morgan fingerprint density at radius 2 is 1.69 bits per heavy atom. The third-order valence-corrected chi connectivity index (χ3v) is 6.59. The van der Waals surface area contributed by atoms with E-state index in [4.69, 9.17) is 21.1 Å². The van der Waals surface area contributed by atoms with E-state index in [1.165, 1.54) is 0 Å². The third kappa shape index (κ3) is 4.99. The van der Waals surface area contributed by atoms with Crippen LogP contribution in [0, 0.1) is 0 Å². The highest BCUT2D eigenvalue weighted by atomic mass is 35.5. The van der Waals surface area contributed by atoms with Crippen molar-refractivity contribution in [1.29, 1.82) is 0 Å². The van der Waals surface area contributed by atoms with Gasteiger partial charge in [0.15, 0.2) is 0 Å². The van der Waals surface area contributed by atoms with Gasteiger partial charge in [0.1, 0.15) is 11.5 Å². The van der Waals surface area contributed by atoms with Crippen molar-refractivity contribution in [2.24, 2.45) is 0 Å². The lowest BCUT2D eigenvalue weighted by Crippen LogP contribution is -2.28. The van der Waals surface area contributed by atoms with E-state index >= 15 is 0 Å². The van der Waals surface area contributed by atoms with Crippen LogP contribution in [0.5, 0.6) is 11.5 Å². The Morgan fingerprint density at radius 3 is 2.36 bits per heavy atom. The second-order valence-electron chi connectivity index (χ2n) is 8.52. The quantitative estimate of drug-likeness (QED) is 0.357. The second-order valence-corrected chi connectivity index (χ2v) is 8.93. The van der Waals surface area contributed by atoms with E-state index in [9.17, 15) is 4.79 Å². The molecule has 0 aliphatic carbocycles. The van der Waals surface area contributed by atoms with Crippen LogP contribution in [-0.2, 0) is 11.2 Å². The maximum atomic E-state index is 12.7. The van der Waals surface area contributed by atoms with Gasteiger partial charge >= 0.3 is 0 Å². The normalized spacial score (nSPS) is 16.5. The summed E-state index contributed by atoms with van der Waals surface area (Å²) in [4.78, 5) is 17.3. The molecule has 0 spiro atoms. The number of carbonyl (C=O) groups excluding carboxylic acids is 1. The first-order chi connectivity index (χ1) is 17.5. The first-order valence-corrected chi connectivity index (χ1v) is 12.0. The number of halogens is 1. The molecular weight excluding hydrogens is 478 g/mol. The fraction of sp³-hybridized carbons (Fsp3) is 0.222. The summed E-state index contributed by atoms with van der Waals surface area (Å²) in [6.07, 6.45) is 0.898. The van der Waals surface area contributed by atoms with E-state index in [0.717, 1.165) is 28.2 Å². The molecule has 0 radical (unpaired) electrons. The SMILES string of the molecule is COc1ccc(CC(=O)Nc2nc3n(n2)[C@@H](c2ccccc2Cl)C[C@@H](c2ccc(OC)cc2)N3)cc1. The van der Waals surface area contributed by atoms with Gasteiger partial charge in [-0.25, -0.2) is 4.68 Å². The highest BCUT2D eigenvalue weighted by Gasteiger charge is 2.32. The molecule has 184 valence electrons. The number of amides is 1. The first-order valence-electron chi connectivity index (χ1n) is 11.6. The molecule has 2 N–H and O–H groups in total. The van der Waals surface area contributed by atoms with Gasteiger partial charge < -0.3 is 14.8 Å². The van der Waals surface area contributed by atoms with Crippen molar-refractivity contribution < 1.29 is 14.3 Å². The van der Waals surface area contributed by atoms with E-state index < -0.39 is 0 Å². The molecule has 3 aromatic carbocycles. The van der Waals surface area contributed by atoms with Crippen LogP contribution in [0.3, 0.4) is 0 Å². The predicted octanol–water partition coefficient (Wildman–Crippen LogP) is 5.28. The predicted molar refractivity (Wildman–Crippen MR) is 139 cm³/mol. The minimum atomic E-state index is -0.205. The largest absolute Gasteiger partial charge is 0.497 e. The summed E-state index contributed by atoms with van der Waals surface area (Å²) < 4.78 is 12.3. The summed E-state index contributed by atoms with van der Waals surface area (Å²) in [6.45, 7) is 0. The molecule has 2 atom stereocenters. The maximum absolute atomic E-state index is 12.7. The Morgan fingerprint density at radius 1 is 1.03 bits per heavy atom. The van der Waals surface area contributed by atoms with Crippen LogP contribution >= 0.6 is 11.6 Å². The number of rotatable bonds is 7. The summed E-state index contributed by atoms with van der Waals surface area (Å²) in [7, 11) is 3.26. The van der Waals surface area contributed by atoms with Crippen molar-refractivity contribution in [2.45, 2.75) is 24.9 Å². The van der Waals surface area contributed by atoms with Gasteiger partial charge in [0.05, 0.1) is 32.7 Å². The third-order valence-electron chi connectivity index (χ3n) is 6.25. The molecule has 5 rings (SSSR count). The van der Waals surface area contributed by atoms with Crippen LogP contribution < -0.4 is 20.1 Å². The van der Waals surface area contributed by atoms with Crippen LogP contribution in [0.15, 0.2) is 72.8 Å². The van der Waals surface area contributed by atoms with Gasteiger partial charge in [-0.05, 0) is 53.4 Å². The zero-order valence-electron chi connectivity index (χ0n) is 19.9. The number of carbonyl (C=O) groups is 1. The Hall–Kier alpha value is -4.04. The molecule has 2 heterocycles. The monoisotopic (exact) mass is 503 g/mol. The number of aromatic nitrogens is 3. The lowest BCUT2D eigenvalue weighted by molar-refractivity contribution is -0.115. The number of nitrogens with one attached hydrogen (secondary N) is 2. The van der Waals surface area contributed by atoms with E-state index in [1.807, 2.05) is 72.8 Å². The number of hydrogen-bond acceptors (Lipinski definition) is 6. The second kappa shape index (κ2) is 10.3. The van der Waals surface area contributed by atoms with Gasteiger partial charge in [0.2, 0.25) is 11.9 Å². The topological polar surface area (TPSA) is 90.3 Å². The minimum absolute atomic E-state index is 0.0308. The lowest BCUT2D eigenvalue weighted by Gasteiger charge is -2.32. The number of nitrogens with zero attached hydrogens (tertiary/aromatic N) is 3. The standard InChI is InChI=1S/C27H26ClN5O3/c1-35-19-11-7-17(8-12-19)15-25(34)30-26-31-27-29-23(18-9-13-20(36-2)14-10-18)16-24(33(27)32-26)21-5-3-4-6-22(21)28/h3-14,23-24H,15-16H2,1-2H3,(H2,29,30,31,32,34)/t23-,24+/m0/s1. The average Bonchev–Trinajstić information content (AvgIpc) is 3.31. The van der Waals surface area contributed by atoms with Crippen molar-refractivity contribution in [3.63, 3.8) is 0 Å². The van der Waals surface area contributed by atoms with Crippen molar-refractivity contribution in [3.8, 4) is 11.5 Å². The van der Waals surface area contributed by atoms with Crippen LogP contribution in [0.25, 0.3) is 0 Å². The molecule has 9 heteroatoms. The molecule has 36 heavy (non-hydrogen) atoms. The molecule has 1 aromatic heterocycles. The Labute approximate surface area is 214 Å². The van der Waals surface area contributed by atoms with Crippen LogP contribution in [0.2, 0.25) is 5.02 Å². The molecule has 1 aliphatic heterocycles. The zero-order chi connectivity index (χ0) is 25.1. The average molecular weight is 504 g/mol. The van der Waals surface area contributed by atoms with Crippen molar-refractivity contribution in [2.75, 3.05) is 24.9 Å². The molecule has 0 saturated carbocycles. The fourth-order valence-electron chi connectivity index (χ4n) is 4.39. The summed E-state index contributed by atoms with van der Waals surface area (Å²) in [5, 5.41) is 11.6. The van der Waals surface area contributed by atoms with Gasteiger partial charge in [0.25, 0.3) is 5.95 Å². The highest BCUT2D eigenvalue weighted by molar-refractivity contribution is 6.31. The molecule has 0 fully saturated rings. The van der Waals surface area contributed by atoms with Crippen molar-refractivity contribution in [1.82, 2.24) is 14.8 Å².